The second-order valence-electron chi connectivity index (χ2n) is 7.80. The fourth-order valence-corrected chi connectivity index (χ4v) is 2.97. The van der Waals surface area contributed by atoms with Crippen LogP contribution in [0.5, 0.6) is 0 Å². The van der Waals surface area contributed by atoms with Crippen LogP contribution in [0, 0.1) is 0 Å². The number of nitrogens with one attached hydrogen (secondary N) is 2. The summed E-state index contributed by atoms with van der Waals surface area (Å²) in [5.74, 6) is -0.498. The molecule has 148 valence electrons. The third-order valence-electron chi connectivity index (χ3n) is 4.52. The van der Waals surface area contributed by atoms with E-state index in [4.69, 9.17) is 11.6 Å². The fourth-order valence-electron chi connectivity index (χ4n) is 2.81. The van der Waals surface area contributed by atoms with Crippen LogP contribution in [0.4, 0.5) is 11.4 Å². The highest BCUT2D eigenvalue weighted by molar-refractivity contribution is 6.34. The van der Waals surface area contributed by atoms with Crippen molar-refractivity contribution in [2.75, 3.05) is 10.6 Å². The number of carbonyl (C=O) groups excluding carboxylic acids is 2. The molecule has 0 aromatic heterocycles. The summed E-state index contributed by atoms with van der Waals surface area (Å²) in [6.45, 7) is 6.38. The summed E-state index contributed by atoms with van der Waals surface area (Å²) in [6, 6.07) is 21.4. The van der Waals surface area contributed by atoms with Crippen LogP contribution >= 0.6 is 11.6 Å². The quantitative estimate of drug-likeness (QED) is 0.546. The van der Waals surface area contributed by atoms with Gasteiger partial charge in [0.25, 0.3) is 11.8 Å². The first kappa shape index (κ1) is 20.6. The van der Waals surface area contributed by atoms with Crippen LogP contribution in [-0.2, 0) is 5.41 Å². The second-order valence-corrected chi connectivity index (χ2v) is 8.20. The summed E-state index contributed by atoms with van der Waals surface area (Å²) in [4.78, 5) is 25.0. The first-order chi connectivity index (χ1) is 13.7. The highest BCUT2D eigenvalue weighted by Crippen LogP contribution is 2.27. The van der Waals surface area contributed by atoms with Crippen molar-refractivity contribution in [2.45, 2.75) is 26.2 Å². The van der Waals surface area contributed by atoms with Gasteiger partial charge in [-0.15, -0.1) is 0 Å². The van der Waals surface area contributed by atoms with E-state index >= 15 is 0 Å². The van der Waals surface area contributed by atoms with Crippen molar-refractivity contribution in [1.82, 2.24) is 0 Å². The number of hydrogen-bond donors (Lipinski definition) is 2. The first-order valence-electron chi connectivity index (χ1n) is 9.32. The van der Waals surface area contributed by atoms with Crippen molar-refractivity contribution in [3.8, 4) is 0 Å². The maximum atomic E-state index is 12.6. The number of benzene rings is 3. The standard InChI is InChI=1S/C24H23ClN2O2/c1-24(2,3)18-11-9-17(10-12-18)22(28)26-19-13-14-20(25)21(15-19)27-23(29)16-7-5-4-6-8-16/h4-15H,1-3H3,(H,26,28)(H,27,29). The second kappa shape index (κ2) is 8.50. The minimum atomic E-state index is -0.270. The van der Waals surface area contributed by atoms with Crippen LogP contribution in [-0.4, -0.2) is 11.8 Å². The van der Waals surface area contributed by atoms with Gasteiger partial charge in [0, 0.05) is 16.8 Å². The molecular weight excluding hydrogens is 384 g/mol. The number of halogens is 1. The maximum absolute atomic E-state index is 12.6. The van der Waals surface area contributed by atoms with Gasteiger partial charge in [0.2, 0.25) is 0 Å². The molecule has 3 aromatic rings. The normalized spacial score (nSPS) is 11.0. The average Bonchev–Trinajstić information content (AvgIpc) is 2.70. The highest BCUT2D eigenvalue weighted by Gasteiger charge is 2.15. The maximum Gasteiger partial charge on any atom is 0.255 e. The van der Waals surface area contributed by atoms with E-state index in [2.05, 4.69) is 31.4 Å². The topological polar surface area (TPSA) is 58.2 Å². The number of hydrogen-bond acceptors (Lipinski definition) is 2. The number of carbonyl (C=O) groups is 2. The molecule has 3 aromatic carbocycles. The van der Waals surface area contributed by atoms with E-state index < -0.39 is 0 Å². The van der Waals surface area contributed by atoms with E-state index in [1.54, 1.807) is 42.5 Å². The smallest absolute Gasteiger partial charge is 0.255 e. The number of rotatable bonds is 4. The van der Waals surface area contributed by atoms with Crippen LogP contribution in [0.25, 0.3) is 0 Å². The molecule has 0 heterocycles. The van der Waals surface area contributed by atoms with Crippen LogP contribution in [0.1, 0.15) is 47.1 Å². The molecule has 5 heteroatoms. The van der Waals surface area contributed by atoms with Crippen molar-refractivity contribution in [1.29, 1.82) is 0 Å². The number of amides is 2. The fraction of sp³-hybridized carbons (Fsp3) is 0.167. The Morgan fingerprint density at radius 3 is 1.97 bits per heavy atom. The predicted octanol–water partition coefficient (Wildman–Crippen LogP) is 6.14. The van der Waals surface area contributed by atoms with Crippen LogP contribution in [0.3, 0.4) is 0 Å². The van der Waals surface area contributed by atoms with Gasteiger partial charge in [0.15, 0.2) is 0 Å². The molecule has 0 bridgehead atoms. The van der Waals surface area contributed by atoms with Crippen molar-refractivity contribution in [3.05, 3.63) is 94.5 Å². The van der Waals surface area contributed by atoms with Crippen LogP contribution in [0.2, 0.25) is 5.02 Å². The summed E-state index contributed by atoms with van der Waals surface area (Å²) in [6.07, 6.45) is 0. The predicted molar refractivity (Wildman–Crippen MR) is 119 cm³/mol. The Morgan fingerprint density at radius 2 is 1.34 bits per heavy atom. The molecule has 0 unspecified atom stereocenters. The largest absolute Gasteiger partial charge is 0.322 e. The Kier molecular flexibility index (Phi) is 6.04. The van der Waals surface area contributed by atoms with E-state index in [1.165, 1.54) is 0 Å². The molecule has 0 aliphatic carbocycles. The van der Waals surface area contributed by atoms with Gasteiger partial charge < -0.3 is 10.6 Å². The molecule has 0 aliphatic rings. The van der Waals surface area contributed by atoms with Crippen molar-refractivity contribution < 1.29 is 9.59 Å². The number of anilines is 2. The molecule has 4 nitrogen and oxygen atoms in total. The molecule has 0 radical (unpaired) electrons. The Morgan fingerprint density at radius 1 is 0.759 bits per heavy atom. The van der Waals surface area contributed by atoms with Gasteiger partial charge in [-0.1, -0.05) is 62.7 Å². The van der Waals surface area contributed by atoms with Gasteiger partial charge in [0.05, 0.1) is 10.7 Å². The zero-order chi connectivity index (χ0) is 21.0. The minimum Gasteiger partial charge on any atom is -0.322 e. The van der Waals surface area contributed by atoms with E-state index in [9.17, 15) is 9.59 Å². The van der Waals surface area contributed by atoms with E-state index in [1.807, 2.05) is 30.3 Å². The molecule has 2 N–H and O–H groups in total. The third kappa shape index (κ3) is 5.24. The minimum absolute atomic E-state index is 0.0248. The Hall–Kier alpha value is -3.11. The first-order valence-corrected chi connectivity index (χ1v) is 9.70. The molecule has 3 rings (SSSR count). The van der Waals surface area contributed by atoms with Gasteiger partial charge >= 0.3 is 0 Å². The zero-order valence-electron chi connectivity index (χ0n) is 16.6. The molecule has 29 heavy (non-hydrogen) atoms. The summed E-state index contributed by atoms with van der Waals surface area (Å²) in [5, 5.41) is 6.02. The van der Waals surface area contributed by atoms with Crippen molar-refractivity contribution in [3.63, 3.8) is 0 Å². The van der Waals surface area contributed by atoms with Crippen molar-refractivity contribution >= 4 is 34.8 Å². The SMILES string of the molecule is CC(C)(C)c1ccc(C(=O)Nc2ccc(Cl)c(NC(=O)c3ccccc3)c2)cc1. The lowest BCUT2D eigenvalue weighted by atomic mass is 9.87. The summed E-state index contributed by atoms with van der Waals surface area (Å²) in [5.41, 5.74) is 3.24. The van der Waals surface area contributed by atoms with Gasteiger partial charge in [0.1, 0.15) is 0 Å². The van der Waals surface area contributed by atoms with Gasteiger partial charge in [-0.2, -0.15) is 0 Å². The van der Waals surface area contributed by atoms with E-state index in [0.29, 0.717) is 27.5 Å². The van der Waals surface area contributed by atoms with Gasteiger partial charge in [-0.25, -0.2) is 0 Å². The Balaban J connectivity index is 1.74. The molecule has 0 saturated heterocycles. The molecule has 0 spiro atoms. The van der Waals surface area contributed by atoms with Crippen LogP contribution < -0.4 is 10.6 Å². The van der Waals surface area contributed by atoms with E-state index in [0.717, 1.165) is 5.56 Å². The summed E-state index contributed by atoms with van der Waals surface area (Å²) < 4.78 is 0. The molecular formula is C24H23ClN2O2. The summed E-state index contributed by atoms with van der Waals surface area (Å²) in [7, 11) is 0. The zero-order valence-corrected chi connectivity index (χ0v) is 17.4. The lowest BCUT2D eigenvalue weighted by Crippen LogP contribution is -2.15. The third-order valence-corrected chi connectivity index (χ3v) is 4.85. The summed E-state index contributed by atoms with van der Waals surface area (Å²) >= 11 is 6.21. The Labute approximate surface area is 175 Å². The molecule has 0 aliphatic heterocycles. The lowest BCUT2D eigenvalue weighted by molar-refractivity contribution is 0.101. The lowest BCUT2D eigenvalue weighted by Gasteiger charge is -2.19. The van der Waals surface area contributed by atoms with Gasteiger partial charge in [-0.3, -0.25) is 9.59 Å². The monoisotopic (exact) mass is 406 g/mol. The Bertz CT molecular complexity index is 1020. The van der Waals surface area contributed by atoms with Gasteiger partial charge in [-0.05, 0) is 53.4 Å². The molecule has 0 saturated carbocycles. The van der Waals surface area contributed by atoms with Crippen molar-refractivity contribution in [2.24, 2.45) is 0 Å². The van der Waals surface area contributed by atoms with E-state index in [-0.39, 0.29) is 17.2 Å². The average molecular weight is 407 g/mol. The molecule has 0 fully saturated rings. The highest BCUT2D eigenvalue weighted by atomic mass is 35.5. The molecule has 2 amide bonds. The molecule has 0 atom stereocenters. The van der Waals surface area contributed by atoms with Crippen LogP contribution in [0.15, 0.2) is 72.8 Å².